The Kier molecular flexibility index (Phi) is 2.84. The molecule has 0 N–H and O–H groups in total. The summed E-state index contributed by atoms with van der Waals surface area (Å²) < 4.78 is 2.36. The molecule has 0 amide bonds. The summed E-state index contributed by atoms with van der Waals surface area (Å²) in [6.45, 7) is 1.26. The first-order valence-corrected chi connectivity index (χ1v) is 7.68. The molecule has 1 aliphatic rings. The summed E-state index contributed by atoms with van der Waals surface area (Å²) in [6, 6.07) is 12.1. The van der Waals surface area contributed by atoms with E-state index in [0.29, 0.717) is 12.0 Å². The van der Waals surface area contributed by atoms with Crippen molar-refractivity contribution in [2.45, 2.75) is 13.3 Å². The lowest BCUT2D eigenvalue weighted by Crippen LogP contribution is -2.09. The Hall–Kier alpha value is -2.53. The number of nitrogens with zero attached hydrogens (tertiary/aromatic N) is 1. The third kappa shape index (κ3) is 1.94. The lowest BCUT2D eigenvalue weighted by Gasteiger charge is -1.97. The highest BCUT2D eigenvalue weighted by Crippen LogP contribution is 2.37. The number of hydrogen-bond donors (Lipinski definition) is 0. The molecule has 0 bridgehead atoms. The van der Waals surface area contributed by atoms with Crippen LogP contribution >= 0.6 is 11.3 Å². The van der Waals surface area contributed by atoms with Gasteiger partial charge in [-0.2, -0.15) is 0 Å². The van der Waals surface area contributed by atoms with Gasteiger partial charge < -0.3 is 4.84 Å². The number of hydrogen-bond acceptors (Lipinski definition) is 5. The molecular weight excluding hydrogens is 298 g/mol. The molecule has 0 radical (unpaired) electrons. The maximum Gasteiger partial charge on any atom is 0.331 e. The zero-order valence-electron chi connectivity index (χ0n) is 11.8. The lowest BCUT2D eigenvalue weighted by molar-refractivity contribution is -0.140. The maximum atomic E-state index is 12.4. The first kappa shape index (κ1) is 13.2. The highest BCUT2D eigenvalue weighted by molar-refractivity contribution is 7.25. The SMILES string of the molecule is CC(=O)O/N=C1\Cc2cc3sc4ccccc4c3cc2C1=O. The molecule has 0 spiro atoms. The lowest BCUT2D eigenvalue weighted by atomic mass is 10.1. The molecule has 0 unspecified atom stereocenters. The molecule has 3 aromatic rings. The number of Topliss-reactive ketones (excluding diaryl/α,β-unsaturated/α-hetero) is 1. The predicted octanol–water partition coefficient (Wildman–Crippen LogP) is 3.71. The Bertz CT molecular complexity index is 984. The number of benzene rings is 2. The van der Waals surface area contributed by atoms with E-state index in [2.05, 4.69) is 22.1 Å². The topological polar surface area (TPSA) is 55.7 Å². The molecule has 1 heterocycles. The third-order valence-electron chi connectivity index (χ3n) is 3.75. The molecule has 4 nitrogen and oxygen atoms in total. The van der Waals surface area contributed by atoms with Gasteiger partial charge in [0.25, 0.3) is 0 Å². The van der Waals surface area contributed by atoms with Gasteiger partial charge in [0.2, 0.25) is 5.78 Å². The smallest absolute Gasteiger partial charge is 0.318 e. The van der Waals surface area contributed by atoms with Gasteiger partial charge in [0, 0.05) is 39.1 Å². The van der Waals surface area contributed by atoms with Crippen LogP contribution in [0.25, 0.3) is 20.2 Å². The molecule has 0 aliphatic heterocycles. The molecular formula is C17H11NO3S. The van der Waals surface area contributed by atoms with Crippen molar-refractivity contribution in [3.63, 3.8) is 0 Å². The molecule has 0 saturated carbocycles. The minimum Gasteiger partial charge on any atom is -0.318 e. The molecule has 108 valence electrons. The summed E-state index contributed by atoms with van der Waals surface area (Å²) in [6.07, 6.45) is 0.408. The van der Waals surface area contributed by atoms with Crippen LogP contribution in [0.15, 0.2) is 41.6 Å². The van der Waals surface area contributed by atoms with Crippen molar-refractivity contribution in [1.29, 1.82) is 0 Å². The Labute approximate surface area is 130 Å². The van der Waals surface area contributed by atoms with E-state index in [1.54, 1.807) is 11.3 Å². The van der Waals surface area contributed by atoms with E-state index < -0.39 is 5.97 Å². The van der Waals surface area contributed by atoms with Crippen LogP contribution in [-0.4, -0.2) is 17.5 Å². The fourth-order valence-corrected chi connectivity index (χ4v) is 3.93. The van der Waals surface area contributed by atoms with Crippen LogP contribution in [0.5, 0.6) is 0 Å². The van der Waals surface area contributed by atoms with Crippen LogP contribution < -0.4 is 0 Å². The van der Waals surface area contributed by atoms with E-state index in [1.165, 1.54) is 11.6 Å². The number of fused-ring (bicyclic) bond motifs is 4. The molecule has 2 aromatic carbocycles. The summed E-state index contributed by atoms with van der Waals surface area (Å²) in [5.41, 5.74) is 1.88. The zero-order chi connectivity index (χ0) is 15.3. The van der Waals surface area contributed by atoms with Gasteiger partial charge in [0.15, 0.2) is 0 Å². The molecule has 22 heavy (non-hydrogen) atoms. The normalized spacial score (nSPS) is 15.7. The summed E-state index contributed by atoms with van der Waals surface area (Å²) in [4.78, 5) is 27.8. The highest BCUT2D eigenvalue weighted by atomic mass is 32.1. The van der Waals surface area contributed by atoms with Crippen LogP contribution in [0.3, 0.4) is 0 Å². The van der Waals surface area contributed by atoms with E-state index in [0.717, 1.165) is 21.0 Å². The molecule has 5 heteroatoms. The summed E-state index contributed by atoms with van der Waals surface area (Å²) in [5, 5.41) is 5.92. The van der Waals surface area contributed by atoms with Crippen molar-refractivity contribution >= 4 is 49.0 Å². The van der Waals surface area contributed by atoms with Crippen molar-refractivity contribution < 1.29 is 14.4 Å². The van der Waals surface area contributed by atoms with Gasteiger partial charge in [-0.3, -0.25) is 4.79 Å². The fraction of sp³-hybridized carbons (Fsp3) is 0.118. The second-order valence-electron chi connectivity index (χ2n) is 5.23. The average molecular weight is 309 g/mol. The molecule has 4 rings (SSSR count). The van der Waals surface area contributed by atoms with E-state index >= 15 is 0 Å². The second-order valence-corrected chi connectivity index (χ2v) is 6.31. The maximum absolute atomic E-state index is 12.4. The van der Waals surface area contributed by atoms with E-state index in [4.69, 9.17) is 0 Å². The zero-order valence-corrected chi connectivity index (χ0v) is 12.6. The van der Waals surface area contributed by atoms with E-state index in [-0.39, 0.29) is 11.5 Å². The number of oxime groups is 1. The van der Waals surface area contributed by atoms with Gasteiger partial charge >= 0.3 is 5.97 Å². The number of thiophene rings is 1. The predicted molar refractivity (Wildman–Crippen MR) is 86.6 cm³/mol. The van der Waals surface area contributed by atoms with Crippen molar-refractivity contribution in [2.24, 2.45) is 5.16 Å². The van der Waals surface area contributed by atoms with E-state index in [9.17, 15) is 9.59 Å². The Balaban J connectivity index is 1.87. The van der Waals surface area contributed by atoms with Crippen LogP contribution in [-0.2, 0) is 16.1 Å². The first-order chi connectivity index (χ1) is 10.6. The van der Waals surface area contributed by atoms with E-state index in [1.807, 2.05) is 24.3 Å². The Morgan fingerprint density at radius 3 is 2.82 bits per heavy atom. The number of ketones is 1. The van der Waals surface area contributed by atoms with Crippen molar-refractivity contribution in [1.82, 2.24) is 0 Å². The number of carbonyl (C=O) groups is 2. The number of rotatable bonds is 1. The molecule has 0 atom stereocenters. The monoisotopic (exact) mass is 309 g/mol. The van der Waals surface area contributed by atoms with Crippen molar-refractivity contribution in [3.05, 3.63) is 47.5 Å². The quantitative estimate of drug-likeness (QED) is 0.508. The largest absolute Gasteiger partial charge is 0.331 e. The van der Waals surface area contributed by atoms with Crippen molar-refractivity contribution in [2.75, 3.05) is 0 Å². The first-order valence-electron chi connectivity index (χ1n) is 6.87. The Morgan fingerprint density at radius 1 is 1.18 bits per heavy atom. The van der Waals surface area contributed by atoms with Crippen LogP contribution in [0, 0.1) is 0 Å². The van der Waals surface area contributed by atoms with Crippen molar-refractivity contribution in [3.8, 4) is 0 Å². The summed E-state index contributed by atoms with van der Waals surface area (Å²) in [5.74, 6) is -0.684. The Morgan fingerprint density at radius 2 is 2.00 bits per heavy atom. The minimum atomic E-state index is -0.525. The average Bonchev–Trinajstić information content (AvgIpc) is 3.01. The van der Waals surface area contributed by atoms with Gasteiger partial charge in [-0.05, 0) is 23.8 Å². The van der Waals surface area contributed by atoms with Gasteiger partial charge in [-0.25, -0.2) is 4.79 Å². The van der Waals surface area contributed by atoms with Gasteiger partial charge in [0.05, 0.1) is 0 Å². The molecule has 1 aliphatic carbocycles. The highest BCUT2D eigenvalue weighted by Gasteiger charge is 2.28. The minimum absolute atomic E-state index is 0.159. The molecule has 0 saturated heterocycles. The van der Waals surface area contributed by atoms with Gasteiger partial charge in [-0.15, -0.1) is 11.3 Å². The summed E-state index contributed by atoms with van der Waals surface area (Å²) in [7, 11) is 0. The molecule has 0 fully saturated rings. The second kappa shape index (κ2) is 4.74. The van der Waals surface area contributed by atoms with Crippen LogP contribution in [0.2, 0.25) is 0 Å². The van der Waals surface area contributed by atoms with Gasteiger partial charge in [0.1, 0.15) is 5.71 Å². The molecule has 1 aromatic heterocycles. The van der Waals surface area contributed by atoms with Crippen LogP contribution in [0.4, 0.5) is 0 Å². The van der Waals surface area contributed by atoms with Crippen LogP contribution in [0.1, 0.15) is 22.8 Å². The van der Waals surface area contributed by atoms with Gasteiger partial charge in [-0.1, -0.05) is 23.4 Å². The number of carbonyl (C=O) groups excluding carboxylic acids is 2. The standard InChI is InChI=1S/C17H11NO3S/c1-9(19)21-18-14-6-10-7-16-13(8-12(10)17(14)20)11-4-2-3-5-15(11)22-16/h2-5,7-8H,6H2,1H3/b18-14+. The third-order valence-corrected chi connectivity index (χ3v) is 4.89. The fourth-order valence-electron chi connectivity index (χ4n) is 2.78. The summed E-state index contributed by atoms with van der Waals surface area (Å²) >= 11 is 1.71.